The van der Waals surface area contributed by atoms with Crippen molar-refractivity contribution in [2.75, 3.05) is 12.4 Å². The van der Waals surface area contributed by atoms with Crippen LogP contribution >= 0.6 is 0 Å². The number of hydrogen-bond acceptors (Lipinski definition) is 5. The maximum atomic E-state index is 13.7. The third-order valence-corrected chi connectivity index (χ3v) is 3.89. The molecule has 0 atom stereocenters. The third-order valence-electron chi connectivity index (χ3n) is 3.89. The fourth-order valence-electron chi connectivity index (χ4n) is 2.53. The summed E-state index contributed by atoms with van der Waals surface area (Å²) in [6, 6.07) is 10.4. The summed E-state index contributed by atoms with van der Waals surface area (Å²) < 4.78 is 45.9. The number of pyridine rings is 1. The second-order valence-corrected chi connectivity index (χ2v) is 5.94. The van der Waals surface area contributed by atoms with Crippen LogP contribution in [0.3, 0.4) is 0 Å². The van der Waals surface area contributed by atoms with Crippen LogP contribution in [0.5, 0.6) is 5.88 Å². The van der Waals surface area contributed by atoms with Gasteiger partial charge < -0.3 is 10.1 Å². The number of anilines is 2. The average molecular weight is 374 g/mol. The van der Waals surface area contributed by atoms with Gasteiger partial charge in [0.05, 0.1) is 7.11 Å². The molecule has 0 saturated carbocycles. The molecule has 3 rings (SSSR count). The number of halogens is 3. The van der Waals surface area contributed by atoms with Crippen molar-refractivity contribution in [1.29, 1.82) is 0 Å². The summed E-state index contributed by atoms with van der Waals surface area (Å²) in [5, 5.41) is 2.73. The van der Waals surface area contributed by atoms with E-state index in [1.807, 2.05) is 6.92 Å². The molecule has 1 aromatic carbocycles. The van der Waals surface area contributed by atoms with E-state index in [2.05, 4.69) is 20.3 Å². The van der Waals surface area contributed by atoms with Crippen molar-refractivity contribution in [2.45, 2.75) is 20.0 Å². The summed E-state index contributed by atoms with van der Waals surface area (Å²) in [6.45, 7) is 3.67. The highest BCUT2D eigenvalue weighted by molar-refractivity contribution is 5.66. The van der Waals surface area contributed by atoms with Gasteiger partial charge in [-0.15, -0.1) is 0 Å². The van der Waals surface area contributed by atoms with Gasteiger partial charge in [0.25, 0.3) is 0 Å². The Balaban J connectivity index is 2.19. The van der Waals surface area contributed by atoms with Crippen LogP contribution in [0.25, 0.3) is 11.5 Å². The minimum Gasteiger partial charge on any atom is -0.480 e. The van der Waals surface area contributed by atoms with Crippen LogP contribution in [-0.2, 0) is 6.18 Å². The van der Waals surface area contributed by atoms with E-state index < -0.39 is 23.4 Å². The quantitative estimate of drug-likeness (QED) is 0.702. The molecule has 27 heavy (non-hydrogen) atoms. The summed E-state index contributed by atoms with van der Waals surface area (Å²) in [5.41, 5.74) is 1.51. The number of alkyl halides is 3. The molecule has 3 aromatic rings. The first-order valence-corrected chi connectivity index (χ1v) is 8.08. The lowest BCUT2D eigenvalue weighted by molar-refractivity contribution is -0.138. The zero-order valence-electron chi connectivity index (χ0n) is 14.9. The summed E-state index contributed by atoms with van der Waals surface area (Å²) >= 11 is 0. The van der Waals surface area contributed by atoms with Gasteiger partial charge in [0.1, 0.15) is 5.69 Å². The number of methoxy groups -OCH3 is 1. The summed E-state index contributed by atoms with van der Waals surface area (Å²) in [6.07, 6.45) is -3.17. The molecule has 0 spiro atoms. The smallest absolute Gasteiger partial charge is 0.425 e. The number of nitrogens with zero attached hydrogens (tertiary/aromatic N) is 3. The number of aryl methyl sites for hydroxylation is 2. The fraction of sp³-hybridized carbons (Fsp3) is 0.211. The van der Waals surface area contributed by atoms with Crippen LogP contribution in [0.15, 0.2) is 42.6 Å². The normalized spacial score (nSPS) is 11.3. The number of rotatable bonds is 4. The molecule has 0 fully saturated rings. The molecule has 1 N–H and O–H groups in total. The van der Waals surface area contributed by atoms with E-state index >= 15 is 0 Å². The highest BCUT2D eigenvalue weighted by Gasteiger charge is 2.40. The van der Waals surface area contributed by atoms with Gasteiger partial charge in [0, 0.05) is 11.9 Å². The number of ether oxygens (including phenoxy) is 1. The Bertz CT molecular complexity index is 956. The second kappa shape index (κ2) is 7.22. The van der Waals surface area contributed by atoms with Crippen LogP contribution < -0.4 is 10.1 Å². The van der Waals surface area contributed by atoms with Gasteiger partial charge in [-0.2, -0.15) is 18.2 Å². The Labute approximate surface area is 154 Å². The first-order chi connectivity index (χ1) is 12.8. The number of benzene rings is 1. The van der Waals surface area contributed by atoms with Crippen LogP contribution in [0, 0.1) is 13.8 Å². The van der Waals surface area contributed by atoms with Crippen molar-refractivity contribution < 1.29 is 17.9 Å². The van der Waals surface area contributed by atoms with Gasteiger partial charge in [-0.25, -0.2) is 4.98 Å². The highest BCUT2D eigenvalue weighted by Crippen LogP contribution is 2.41. The van der Waals surface area contributed by atoms with Crippen LogP contribution in [0.1, 0.15) is 16.7 Å². The van der Waals surface area contributed by atoms with E-state index in [-0.39, 0.29) is 5.82 Å². The first kappa shape index (κ1) is 18.6. The Kier molecular flexibility index (Phi) is 4.98. The lowest BCUT2D eigenvalue weighted by Crippen LogP contribution is -2.15. The third kappa shape index (κ3) is 3.99. The maximum Gasteiger partial charge on any atom is 0.425 e. The van der Waals surface area contributed by atoms with Crippen molar-refractivity contribution in [2.24, 2.45) is 0 Å². The molecule has 0 unspecified atom stereocenters. The van der Waals surface area contributed by atoms with Gasteiger partial charge in [0.2, 0.25) is 5.88 Å². The average Bonchev–Trinajstić information content (AvgIpc) is 2.62. The Hall–Kier alpha value is -3.16. The van der Waals surface area contributed by atoms with Gasteiger partial charge >= 0.3 is 6.18 Å². The minimum atomic E-state index is -4.70. The molecular formula is C19H17F3N4O. The molecule has 0 aliphatic heterocycles. The Morgan fingerprint density at radius 2 is 1.70 bits per heavy atom. The van der Waals surface area contributed by atoms with Crippen LogP contribution in [-0.4, -0.2) is 22.1 Å². The molecule has 0 bridgehead atoms. The molecule has 2 aromatic heterocycles. The van der Waals surface area contributed by atoms with Crippen molar-refractivity contribution in [3.63, 3.8) is 0 Å². The molecule has 0 saturated heterocycles. The molecule has 5 nitrogen and oxygen atoms in total. The van der Waals surface area contributed by atoms with Crippen molar-refractivity contribution in [3.8, 4) is 17.4 Å². The second-order valence-electron chi connectivity index (χ2n) is 5.94. The van der Waals surface area contributed by atoms with E-state index in [0.29, 0.717) is 11.4 Å². The Morgan fingerprint density at radius 3 is 2.30 bits per heavy atom. The Morgan fingerprint density at radius 1 is 1.00 bits per heavy atom. The maximum absolute atomic E-state index is 13.7. The number of nitrogens with one attached hydrogen (secondary N) is 1. The number of hydrogen-bond donors (Lipinski definition) is 1. The zero-order chi connectivity index (χ0) is 19.6. The van der Waals surface area contributed by atoms with Crippen LogP contribution in [0.4, 0.5) is 24.7 Å². The zero-order valence-corrected chi connectivity index (χ0v) is 14.9. The highest BCUT2D eigenvalue weighted by atomic mass is 19.4. The minimum absolute atomic E-state index is 0.0487. The lowest BCUT2D eigenvalue weighted by Gasteiger charge is -2.17. The van der Waals surface area contributed by atoms with E-state index in [0.717, 1.165) is 18.2 Å². The van der Waals surface area contributed by atoms with Crippen molar-refractivity contribution in [3.05, 3.63) is 59.3 Å². The van der Waals surface area contributed by atoms with Gasteiger partial charge in [-0.1, -0.05) is 23.8 Å². The summed E-state index contributed by atoms with van der Waals surface area (Å²) in [4.78, 5) is 12.2. The van der Waals surface area contributed by atoms with E-state index in [9.17, 15) is 13.2 Å². The molecule has 140 valence electrons. The van der Waals surface area contributed by atoms with E-state index in [4.69, 9.17) is 4.74 Å². The van der Waals surface area contributed by atoms with Crippen molar-refractivity contribution >= 4 is 11.5 Å². The first-order valence-electron chi connectivity index (χ1n) is 8.08. The standard InChI is InChI=1S/C19H17F3N4O/c1-11-6-8-13(9-7-11)24-16-14(19(20,21)22)18(27-3)26-17(25-16)15-12(2)5-4-10-23-15/h4-10H,1-3H3,(H,24,25,26). The number of aromatic nitrogens is 3. The van der Waals surface area contributed by atoms with Crippen LogP contribution in [0.2, 0.25) is 0 Å². The molecule has 2 heterocycles. The predicted molar refractivity (Wildman–Crippen MR) is 96.0 cm³/mol. The molecule has 0 aliphatic rings. The molecular weight excluding hydrogens is 357 g/mol. The predicted octanol–water partition coefficient (Wildman–Crippen LogP) is 4.93. The lowest BCUT2D eigenvalue weighted by atomic mass is 10.2. The fourth-order valence-corrected chi connectivity index (χ4v) is 2.53. The monoisotopic (exact) mass is 374 g/mol. The largest absolute Gasteiger partial charge is 0.480 e. The van der Waals surface area contributed by atoms with Crippen molar-refractivity contribution in [1.82, 2.24) is 15.0 Å². The molecule has 0 radical (unpaired) electrons. The van der Waals surface area contributed by atoms with Gasteiger partial charge in [-0.05, 0) is 37.6 Å². The van der Waals surface area contributed by atoms with Gasteiger partial charge in [-0.3, -0.25) is 4.98 Å². The molecule has 8 heteroatoms. The SMILES string of the molecule is COc1nc(-c2ncccc2C)nc(Nc2ccc(C)cc2)c1C(F)(F)F. The molecule has 0 aliphatic carbocycles. The summed E-state index contributed by atoms with van der Waals surface area (Å²) in [7, 11) is 1.14. The van der Waals surface area contributed by atoms with Gasteiger partial charge in [0.15, 0.2) is 17.2 Å². The summed E-state index contributed by atoms with van der Waals surface area (Å²) in [5.74, 6) is -0.905. The molecule has 0 amide bonds. The topological polar surface area (TPSA) is 59.9 Å². The van der Waals surface area contributed by atoms with E-state index in [1.54, 1.807) is 43.3 Å². The van der Waals surface area contributed by atoms with E-state index in [1.165, 1.54) is 6.20 Å².